The molecule has 0 aliphatic carbocycles. The van der Waals surface area contributed by atoms with E-state index in [0.29, 0.717) is 5.56 Å². The van der Waals surface area contributed by atoms with Gasteiger partial charge >= 0.3 is 0 Å². The van der Waals surface area contributed by atoms with Crippen LogP contribution in [0.2, 0.25) is 0 Å². The third-order valence-corrected chi connectivity index (χ3v) is 6.21. The smallest absolute Gasteiger partial charge is 0.150 e. The minimum Gasteiger partial charge on any atom is -0.385 e. The van der Waals surface area contributed by atoms with E-state index in [0.717, 1.165) is 42.8 Å². The fraction of sp³-hybridized carbons (Fsp3) is 0.500. The number of hydrazone groups is 1. The maximum Gasteiger partial charge on any atom is 0.150 e. The highest BCUT2D eigenvalue weighted by Crippen LogP contribution is 2.23. The van der Waals surface area contributed by atoms with Gasteiger partial charge in [-0.3, -0.25) is 9.80 Å². The van der Waals surface area contributed by atoms with Gasteiger partial charge in [0.15, 0.2) is 0 Å². The molecule has 2 aromatic rings. The Balaban J connectivity index is 1.33. The van der Waals surface area contributed by atoms with Gasteiger partial charge in [-0.25, -0.2) is 0 Å². The van der Waals surface area contributed by atoms with Crippen LogP contribution in [0.5, 0.6) is 0 Å². The SMILES string of the molecule is CCCCCCCCCCCCNc1ccc(N2CCC(c3ccc(C=O)cc3)=N2)cc1. The molecule has 0 bridgehead atoms. The van der Waals surface area contributed by atoms with Gasteiger partial charge in [0.25, 0.3) is 0 Å². The number of nitrogens with one attached hydrogen (secondary N) is 1. The third kappa shape index (κ3) is 7.81. The van der Waals surface area contributed by atoms with Crippen molar-refractivity contribution in [1.82, 2.24) is 0 Å². The summed E-state index contributed by atoms with van der Waals surface area (Å²) < 4.78 is 0. The minimum absolute atomic E-state index is 0.699. The van der Waals surface area contributed by atoms with Crippen LogP contribution < -0.4 is 10.3 Å². The van der Waals surface area contributed by atoms with Gasteiger partial charge in [-0.15, -0.1) is 0 Å². The molecule has 0 amide bonds. The van der Waals surface area contributed by atoms with Crippen molar-refractivity contribution in [2.75, 3.05) is 23.4 Å². The molecular formula is C28H39N3O. The first-order chi connectivity index (χ1) is 15.8. The zero-order valence-corrected chi connectivity index (χ0v) is 19.7. The van der Waals surface area contributed by atoms with Crippen LogP contribution in [0.4, 0.5) is 11.4 Å². The third-order valence-electron chi connectivity index (χ3n) is 6.21. The van der Waals surface area contributed by atoms with Crippen LogP contribution in [0.15, 0.2) is 53.6 Å². The molecular weight excluding hydrogens is 394 g/mol. The number of anilines is 2. The summed E-state index contributed by atoms with van der Waals surface area (Å²) in [6.45, 7) is 4.20. The molecule has 1 aliphatic heterocycles. The van der Waals surface area contributed by atoms with Gasteiger partial charge in [0.05, 0.1) is 11.4 Å². The quantitative estimate of drug-likeness (QED) is 0.234. The Bertz CT molecular complexity index is 827. The van der Waals surface area contributed by atoms with Crippen LogP contribution in [0, 0.1) is 0 Å². The van der Waals surface area contributed by atoms with Gasteiger partial charge in [0, 0.05) is 30.8 Å². The number of unbranched alkanes of at least 4 members (excludes halogenated alkanes) is 9. The van der Waals surface area contributed by atoms with Crippen LogP contribution in [0.1, 0.15) is 93.5 Å². The summed E-state index contributed by atoms with van der Waals surface area (Å²) >= 11 is 0. The lowest BCUT2D eigenvalue weighted by Crippen LogP contribution is -2.11. The lowest BCUT2D eigenvalue weighted by Gasteiger charge is -2.14. The Morgan fingerprint density at radius 3 is 2.09 bits per heavy atom. The second-order valence-corrected chi connectivity index (χ2v) is 8.82. The molecule has 2 aromatic carbocycles. The molecule has 1 heterocycles. The van der Waals surface area contributed by atoms with E-state index in [2.05, 4.69) is 41.5 Å². The van der Waals surface area contributed by atoms with Crippen molar-refractivity contribution in [3.8, 4) is 0 Å². The Kier molecular flexibility index (Phi) is 10.3. The Morgan fingerprint density at radius 1 is 0.844 bits per heavy atom. The van der Waals surface area contributed by atoms with Crippen molar-refractivity contribution in [3.63, 3.8) is 0 Å². The van der Waals surface area contributed by atoms with E-state index < -0.39 is 0 Å². The summed E-state index contributed by atoms with van der Waals surface area (Å²) in [6.07, 6.45) is 15.5. The molecule has 0 atom stereocenters. The number of hydrogen-bond acceptors (Lipinski definition) is 4. The number of benzene rings is 2. The van der Waals surface area contributed by atoms with Gasteiger partial charge in [-0.2, -0.15) is 5.10 Å². The second-order valence-electron chi connectivity index (χ2n) is 8.82. The molecule has 0 saturated heterocycles. The van der Waals surface area contributed by atoms with E-state index in [1.807, 2.05) is 24.3 Å². The summed E-state index contributed by atoms with van der Waals surface area (Å²) in [4.78, 5) is 10.8. The predicted octanol–water partition coefficient (Wildman–Crippen LogP) is 7.45. The predicted molar refractivity (Wildman–Crippen MR) is 137 cm³/mol. The van der Waals surface area contributed by atoms with E-state index >= 15 is 0 Å². The first kappa shape index (κ1) is 24.0. The van der Waals surface area contributed by atoms with Crippen molar-refractivity contribution in [2.24, 2.45) is 5.10 Å². The molecule has 0 aromatic heterocycles. The van der Waals surface area contributed by atoms with Crippen LogP contribution in [-0.2, 0) is 0 Å². The monoisotopic (exact) mass is 433 g/mol. The molecule has 4 nitrogen and oxygen atoms in total. The molecule has 1 aliphatic rings. The second kappa shape index (κ2) is 13.7. The van der Waals surface area contributed by atoms with Crippen LogP contribution in [-0.4, -0.2) is 25.1 Å². The van der Waals surface area contributed by atoms with Gasteiger partial charge in [-0.05, 0) is 36.2 Å². The zero-order valence-electron chi connectivity index (χ0n) is 19.7. The van der Waals surface area contributed by atoms with E-state index in [-0.39, 0.29) is 0 Å². The number of aldehydes is 1. The minimum atomic E-state index is 0.699. The highest BCUT2D eigenvalue weighted by Gasteiger charge is 2.17. The van der Waals surface area contributed by atoms with E-state index in [1.165, 1.54) is 69.9 Å². The highest BCUT2D eigenvalue weighted by atomic mass is 16.1. The van der Waals surface area contributed by atoms with Crippen molar-refractivity contribution < 1.29 is 4.79 Å². The molecule has 0 spiro atoms. The average Bonchev–Trinajstić information content (AvgIpc) is 3.33. The van der Waals surface area contributed by atoms with Crippen molar-refractivity contribution in [3.05, 3.63) is 59.7 Å². The van der Waals surface area contributed by atoms with Crippen molar-refractivity contribution in [1.29, 1.82) is 0 Å². The molecule has 1 N–H and O–H groups in total. The molecule has 172 valence electrons. The largest absolute Gasteiger partial charge is 0.385 e. The molecule has 0 radical (unpaired) electrons. The maximum absolute atomic E-state index is 10.8. The summed E-state index contributed by atoms with van der Waals surface area (Å²) in [7, 11) is 0. The number of rotatable bonds is 15. The standard InChI is InChI=1S/C28H39N3O/c1-2-3-4-5-6-7-8-9-10-11-21-29-26-16-18-27(19-17-26)31-22-20-28(30-31)25-14-12-24(23-32)13-15-25/h12-19,23,29H,2-11,20-22H2,1H3. The molecule has 3 rings (SSSR count). The fourth-order valence-electron chi connectivity index (χ4n) is 4.20. The van der Waals surface area contributed by atoms with E-state index in [4.69, 9.17) is 5.10 Å². The van der Waals surface area contributed by atoms with E-state index in [1.54, 1.807) is 0 Å². The number of carbonyl (C=O) groups excluding carboxylic acids is 1. The van der Waals surface area contributed by atoms with Crippen LogP contribution >= 0.6 is 0 Å². The Hall–Kier alpha value is -2.62. The number of nitrogens with zero attached hydrogens (tertiary/aromatic N) is 2. The molecule has 4 heteroatoms. The molecule has 32 heavy (non-hydrogen) atoms. The van der Waals surface area contributed by atoms with Gasteiger partial charge in [-0.1, -0.05) is 89.0 Å². The Morgan fingerprint density at radius 2 is 1.47 bits per heavy atom. The van der Waals surface area contributed by atoms with Gasteiger partial charge in [0.2, 0.25) is 0 Å². The highest BCUT2D eigenvalue weighted by molar-refractivity contribution is 6.03. The molecule has 0 unspecified atom stereocenters. The summed E-state index contributed by atoms with van der Waals surface area (Å²) in [6, 6.07) is 16.2. The summed E-state index contributed by atoms with van der Waals surface area (Å²) in [5.41, 5.74) is 5.16. The maximum atomic E-state index is 10.8. The van der Waals surface area contributed by atoms with Gasteiger partial charge in [0.1, 0.15) is 6.29 Å². The first-order valence-electron chi connectivity index (χ1n) is 12.5. The topological polar surface area (TPSA) is 44.7 Å². The molecule has 0 fully saturated rings. The van der Waals surface area contributed by atoms with Crippen LogP contribution in [0.3, 0.4) is 0 Å². The van der Waals surface area contributed by atoms with Crippen molar-refractivity contribution in [2.45, 2.75) is 77.6 Å². The number of carbonyl (C=O) groups is 1. The summed E-state index contributed by atoms with van der Waals surface area (Å²) in [5.74, 6) is 0. The van der Waals surface area contributed by atoms with E-state index in [9.17, 15) is 4.79 Å². The normalized spacial score (nSPS) is 13.3. The molecule has 0 saturated carbocycles. The average molecular weight is 434 g/mol. The van der Waals surface area contributed by atoms with Crippen molar-refractivity contribution >= 4 is 23.4 Å². The zero-order chi connectivity index (χ0) is 22.4. The lowest BCUT2D eigenvalue weighted by atomic mass is 10.1. The van der Waals surface area contributed by atoms with Gasteiger partial charge < -0.3 is 5.32 Å². The number of hydrogen-bond donors (Lipinski definition) is 1. The fourth-order valence-corrected chi connectivity index (χ4v) is 4.20. The Labute approximate surface area is 194 Å². The summed E-state index contributed by atoms with van der Waals surface area (Å²) in [5, 5.41) is 10.4. The van der Waals surface area contributed by atoms with Crippen LogP contribution in [0.25, 0.3) is 0 Å². The lowest BCUT2D eigenvalue weighted by molar-refractivity contribution is 0.112. The first-order valence-corrected chi connectivity index (χ1v) is 12.5.